The molecule has 2 aromatic rings. The molecule has 1 saturated carbocycles. The molecule has 1 N–H and O–H groups in total. The maximum Gasteiger partial charge on any atom is 0.250 e. The molecule has 3 heterocycles. The second-order valence-electron chi connectivity index (χ2n) is 8.62. The molecule has 2 saturated heterocycles. The van der Waals surface area contributed by atoms with E-state index in [9.17, 15) is 4.79 Å². The van der Waals surface area contributed by atoms with Gasteiger partial charge in [-0.2, -0.15) is 0 Å². The molecule has 0 unspecified atom stereocenters. The van der Waals surface area contributed by atoms with Crippen LogP contribution >= 0.6 is 23.2 Å². The summed E-state index contributed by atoms with van der Waals surface area (Å²) in [6.07, 6.45) is 2.62. The maximum absolute atomic E-state index is 15.2. The van der Waals surface area contributed by atoms with Crippen LogP contribution in [0.1, 0.15) is 36.3 Å². The molecule has 3 atom stereocenters. The van der Waals surface area contributed by atoms with Crippen LogP contribution in [0.2, 0.25) is 10.0 Å². The Morgan fingerprint density at radius 1 is 1.21 bits per heavy atom. The molecule has 3 fully saturated rings. The van der Waals surface area contributed by atoms with E-state index in [4.69, 9.17) is 27.9 Å². The molecule has 2 spiro atoms. The van der Waals surface area contributed by atoms with Gasteiger partial charge in [-0.25, -0.2) is 4.39 Å². The van der Waals surface area contributed by atoms with Gasteiger partial charge in [0.1, 0.15) is 11.4 Å². The van der Waals surface area contributed by atoms with Crippen LogP contribution in [0.4, 0.5) is 10.1 Å². The number of rotatable bonds is 1. The van der Waals surface area contributed by atoms with E-state index in [-0.39, 0.29) is 28.5 Å². The van der Waals surface area contributed by atoms with Gasteiger partial charge >= 0.3 is 0 Å². The molecular formula is C22H19Cl2FN2O2. The number of carbonyl (C=O) groups excluding carboxylic acids is 1. The lowest BCUT2D eigenvalue weighted by atomic mass is 9.75. The number of hydrogen-bond acceptors (Lipinski definition) is 3. The Morgan fingerprint density at radius 3 is 2.83 bits per heavy atom. The zero-order valence-electron chi connectivity index (χ0n) is 15.6. The van der Waals surface area contributed by atoms with Crippen molar-refractivity contribution >= 4 is 34.8 Å². The lowest BCUT2D eigenvalue weighted by Crippen LogP contribution is -2.58. The van der Waals surface area contributed by atoms with Crippen molar-refractivity contribution in [1.29, 1.82) is 0 Å². The first kappa shape index (κ1) is 18.1. The van der Waals surface area contributed by atoms with E-state index in [2.05, 4.69) is 10.2 Å². The quantitative estimate of drug-likeness (QED) is 0.709. The monoisotopic (exact) mass is 432 g/mol. The normalized spacial score (nSPS) is 31.8. The number of fused-ring (bicyclic) bond motifs is 4. The SMILES string of the molecule is O=C1Nc2cc(Cl)ccc2[C@@]12[C@@H](c1cccc(Cl)c1F)C[C@@H]1COC3(CC3)CN12. The van der Waals surface area contributed by atoms with Gasteiger partial charge in [0.25, 0.3) is 0 Å². The zero-order chi connectivity index (χ0) is 20.0. The first-order valence-electron chi connectivity index (χ1n) is 9.91. The standard InChI is InChI=1S/C22H19Cl2FN2O2/c23-12-4-5-15-18(8-12)26-20(28)22(15)16(14-2-1-3-17(24)19(14)25)9-13-10-29-21(6-7-21)11-27(13)22/h1-5,8,13,16H,6-7,9-11H2,(H,26,28)/t13-,16-,22-/m1/s1. The van der Waals surface area contributed by atoms with Crippen LogP contribution in [-0.2, 0) is 15.1 Å². The Bertz CT molecular complexity index is 1060. The first-order valence-corrected chi connectivity index (χ1v) is 10.7. The van der Waals surface area contributed by atoms with Crippen molar-refractivity contribution in [2.45, 2.75) is 42.4 Å². The van der Waals surface area contributed by atoms with Gasteiger partial charge < -0.3 is 10.1 Å². The number of morpholine rings is 1. The van der Waals surface area contributed by atoms with Gasteiger partial charge in [-0.05, 0) is 43.0 Å². The Balaban J connectivity index is 1.59. The molecule has 150 valence electrons. The molecule has 0 aromatic heterocycles. The molecule has 4 nitrogen and oxygen atoms in total. The molecule has 1 amide bonds. The van der Waals surface area contributed by atoms with Crippen molar-refractivity contribution in [2.75, 3.05) is 18.5 Å². The minimum absolute atomic E-state index is 0.0389. The summed E-state index contributed by atoms with van der Waals surface area (Å²) in [5.41, 5.74) is 0.883. The minimum atomic E-state index is -0.991. The number of anilines is 1. The number of nitrogens with zero attached hydrogens (tertiary/aromatic N) is 1. The largest absolute Gasteiger partial charge is 0.372 e. The van der Waals surface area contributed by atoms with E-state index in [0.717, 1.165) is 18.4 Å². The van der Waals surface area contributed by atoms with E-state index in [1.165, 1.54) is 0 Å². The summed E-state index contributed by atoms with van der Waals surface area (Å²) in [6, 6.07) is 10.6. The van der Waals surface area contributed by atoms with Crippen LogP contribution < -0.4 is 5.32 Å². The molecule has 29 heavy (non-hydrogen) atoms. The van der Waals surface area contributed by atoms with Crippen LogP contribution in [0.5, 0.6) is 0 Å². The summed E-state index contributed by atoms with van der Waals surface area (Å²) in [5.74, 6) is -0.943. The predicted octanol–water partition coefficient (Wildman–Crippen LogP) is 4.70. The maximum atomic E-state index is 15.2. The number of amides is 1. The third kappa shape index (κ3) is 2.36. The van der Waals surface area contributed by atoms with Crippen LogP contribution in [0.15, 0.2) is 36.4 Å². The third-order valence-electron chi connectivity index (χ3n) is 7.10. The van der Waals surface area contributed by atoms with Crippen LogP contribution in [0.3, 0.4) is 0 Å². The Kier molecular flexibility index (Phi) is 3.72. The number of halogens is 3. The highest BCUT2D eigenvalue weighted by Gasteiger charge is 2.67. The number of benzene rings is 2. The molecule has 2 aromatic carbocycles. The number of nitrogens with one attached hydrogen (secondary N) is 1. The van der Waals surface area contributed by atoms with Crippen molar-refractivity contribution in [2.24, 2.45) is 0 Å². The summed E-state index contributed by atoms with van der Waals surface area (Å²) in [7, 11) is 0. The molecule has 3 aliphatic heterocycles. The van der Waals surface area contributed by atoms with Crippen molar-refractivity contribution < 1.29 is 13.9 Å². The van der Waals surface area contributed by atoms with Gasteiger partial charge in [-0.3, -0.25) is 9.69 Å². The van der Waals surface area contributed by atoms with Gasteiger partial charge in [0, 0.05) is 34.8 Å². The Labute approximate surface area is 177 Å². The summed E-state index contributed by atoms with van der Waals surface area (Å²) in [6.45, 7) is 1.22. The fraction of sp³-hybridized carbons (Fsp3) is 0.409. The fourth-order valence-corrected chi connectivity index (χ4v) is 5.96. The predicted molar refractivity (Wildman–Crippen MR) is 109 cm³/mol. The van der Waals surface area contributed by atoms with Gasteiger partial charge in [0.2, 0.25) is 5.91 Å². The van der Waals surface area contributed by atoms with Gasteiger partial charge in [-0.15, -0.1) is 0 Å². The summed E-state index contributed by atoms with van der Waals surface area (Å²) in [5, 5.41) is 3.66. The molecule has 4 aliphatic rings. The first-order chi connectivity index (χ1) is 13.9. The lowest BCUT2D eigenvalue weighted by molar-refractivity contribution is -0.137. The van der Waals surface area contributed by atoms with Crippen LogP contribution in [-0.4, -0.2) is 35.6 Å². The van der Waals surface area contributed by atoms with Crippen molar-refractivity contribution in [3.05, 3.63) is 63.4 Å². The third-order valence-corrected chi connectivity index (χ3v) is 7.62. The van der Waals surface area contributed by atoms with Crippen molar-refractivity contribution in [3.63, 3.8) is 0 Å². The zero-order valence-corrected chi connectivity index (χ0v) is 17.1. The van der Waals surface area contributed by atoms with E-state index in [1.54, 1.807) is 30.3 Å². The fourth-order valence-electron chi connectivity index (χ4n) is 5.61. The van der Waals surface area contributed by atoms with Crippen molar-refractivity contribution in [1.82, 2.24) is 4.90 Å². The second-order valence-corrected chi connectivity index (χ2v) is 9.46. The molecule has 7 heteroatoms. The lowest BCUT2D eigenvalue weighted by Gasteiger charge is -2.44. The molecular weight excluding hydrogens is 414 g/mol. The summed E-state index contributed by atoms with van der Waals surface area (Å²) in [4.78, 5) is 15.9. The number of carbonyl (C=O) groups is 1. The highest BCUT2D eigenvalue weighted by atomic mass is 35.5. The number of hydrogen-bond donors (Lipinski definition) is 1. The molecule has 1 aliphatic carbocycles. The van der Waals surface area contributed by atoms with Gasteiger partial charge in [0.15, 0.2) is 0 Å². The topological polar surface area (TPSA) is 41.6 Å². The van der Waals surface area contributed by atoms with E-state index < -0.39 is 11.4 Å². The van der Waals surface area contributed by atoms with E-state index in [1.807, 2.05) is 6.07 Å². The second kappa shape index (κ2) is 5.94. The van der Waals surface area contributed by atoms with Gasteiger partial charge in [0.05, 0.1) is 17.2 Å². The Morgan fingerprint density at radius 2 is 2.03 bits per heavy atom. The average Bonchev–Trinajstić information content (AvgIpc) is 3.27. The molecule has 6 rings (SSSR count). The summed E-state index contributed by atoms with van der Waals surface area (Å²) < 4.78 is 21.3. The highest BCUT2D eigenvalue weighted by molar-refractivity contribution is 6.31. The minimum Gasteiger partial charge on any atom is -0.372 e. The average molecular weight is 433 g/mol. The van der Waals surface area contributed by atoms with E-state index in [0.29, 0.717) is 35.8 Å². The van der Waals surface area contributed by atoms with Crippen molar-refractivity contribution in [3.8, 4) is 0 Å². The van der Waals surface area contributed by atoms with Crippen LogP contribution in [0.25, 0.3) is 0 Å². The Hall–Kier alpha value is -1.66. The molecule has 0 radical (unpaired) electrons. The van der Waals surface area contributed by atoms with E-state index >= 15 is 4.39 Å². The van der Waals surface area contributed by atoms with Crippen LogP contribution in [0, 0.1) is 5.82 Å². The summed E-state index contributed by atoms with van der Waals surface area (Å²) >= 11 is 12.3. The smallest absolute Gasteiger partial charge is 0.250 e. The van der Waals surface area contributed by atoms with Gasteiger partial charge in [-0.1, -0.05) is 41.4 Å². The molecule has 0 bridgehead atoms. The number of ether oxygens (including phenoxy) is 1. The highest BCUT2D eigenvalue weighted by Crippen LogP contribution is 2.60.